The first-order chi connectivity index (χ1) is 16.5. The number of carboxylic acids is 1. The van der Waals surface area contributed by atoms with E-state index >= 15 is 0 Å². The van der Waals surface area contributed by atoms with Crippen LogP contribution in [0.4, 0.5) is 18.9 Å². The van der Waals surface area contributed by atoms with E-state index in [0.29, 0.717) is 5.56 Å². The molecule has 1 amide bonds. The average Bonchev–Trinajstić information content (AvgIpc) is 2.74. The van der Waals surface area contributed by atoms with Gasteiger partial charge in [-0.1, -0.05) is 30.3 Å². The van der Waals surface area contributed by atoms with E-state index in [4.69, 9.17) is 31.9 Å². The van der Waals surface area contributed by atoms with Crippen LogP contribution in [-0.4, -0.2) is 48.2 Å². The number of benzene rings is 1. The Morgan fingerprint density at radius 1 is 1.14 bits per heavy atom. The molecular weight excluding hydrogens is 513 g/mol. The zero-order chi connectivity index (χ0) is 27.7. The highest BCUT2D eigenvalue weighted by Gasteiger charge is 2.38. The quantitative estimate of drug-likeness (QED) is 0.166. The van der Waals surface area contributed by atoms with Crippen LogP contribution in [0.25, 0.3) is 0 Å². The van der Waals surface area contributed by atoms with E-state index in [-0.39, 0.29) is 17.4 Å². The second-order valence-corrected chi connectivity index (χ2v) is 8.68. The monoisotopic (exact) mass is 536 g/mol. The fourth-order valence-corrected chi connectivity index (χ4v) is 3.79. The number of amides is 1. The molecule has 2 rings (SSSR count). The summed E-state index contributed by atoms with van der Waals surface area (Å²) in [6, 6.07) is 9.85. The summed E-state index contributed by atoms with van der Waals surface area (Å²) in [7, 11) is -3.88. The van der Waals surface area contributed by atoms with Crippen LogP contribution in [0.5, 0.6) is 0 Å². The second kappa shape index (κ2) is 12.4. The van der Waals surface area contributed by atoms with E-state index in [0.717, 1.165) is 4.57 Å². The van der Waals surface area contributed by atoms with Gasteiger partial charge in [-0.2, -0.15) is 13.2 Å². The third-order valence-electron chi connectivity index (χ3n) is 4.04. The Balaban J connectivity index is 0.000000809. The number of pyridine rings is 1. The third kappa shape index (κ3) is 9.53. The fourth-order valence-electron chi connectivity index (χ4n) is 2.60. The number of carbonyl (C=O) groups is 2. The molecular formula is C19H23F3N6O7S. The van der Waals surface area contributed by atoms with Crippen molar-refractivity contribution in [1.82, 2.24) is 4.57 Å². The number of oxime groups is 1. The number of carbonyl (C=O) groups excluding carboxylic acids is 1. The van der Waals surface area contributed by atoms with E-state index in [2.05, 4.69) is 9.88 Å². The summed E-state index contributed by atoms with van der Waals surface area (Å²) in [6.07, 6.45) is -4.81. The summed E-state index contributed by atoms with van der Waals surface area (Å²) in [4.78, 5) is 38.6. The zero-order valence-electron chi connectivity index (χ0n) is 18.5. The van der Waals surface area contributed by atoms with Gasteiger partial charge < -0.3 is 27.1 Å². The van der Waals surface area contributed by atoms with Gasteiger partial charge in [0.2, 0.25) is 21.9 Å². The summed E-state index contributed by atoms with van der Waals surface area (Å²) in [5, 5.41) is 10.5. The number of nitrogens with one attached hydrogen (secondary N) is 1. The van der Waals surface area contributed by atoms with Crippen molar-refractivity contribution < 1.29 is 41.1 Å². The number of primary amides is 1. The second-order valence-electron chi connectivity index (χ2n) is 6.96. The molecule has 0 bridgehead atoms. The van der Waals surface area contributed by atoms with E-state index in [1.54, 1.807) is 30.3 Å². The van der Waals surface area contributed by atoms with E-state index in [1.165, 1.54) is 25.3 Å². The van der Waals surface area contributed by atoms with Crippen LogP contribution in [-0.2, 0) is 30.2 Å². The minimum Gasteiger partial charge on any atom is -0.475 e. The van der Waals surface area contributed by atoms with Gasteiger partial charge in [0.25, 0.3) is 5.56 Å². The number of anilines is 1. The maximum atomic E-state index is 12.8. The van der Waals surface area contributed by atoms with Crippen molar-refractivity contribution >= 4 is 33.5 Å². The first-order valence-corrected chi connectivity index (χ1v) is 11.3. The summed E-state index contributed by atoms with van der Waals surface area (Å²) in [5.41, 5.74) is 15.3. The number of hydrogen-bond donors (Lipinski definition) is 5. The molecule has 2 aromatic rings. The number of aliphatic carboxylic acids is 1. The number of hydrogen-bond acceptors (Lipinski definition) is 7. The highest BCUT2D eigenvalue weighted by molar-refractivity contribution is 7.91. The molecule has 1 heterocycles. The molecule has 0 radical (unpaired) electrons. The van der Waals surface area contributed by atoms with Crippen LogP contribution in [0.3, 0.4) is 0 Å². The van der Waals surface area contributed by atoms with Crippen LogP contribution >= 0.6 is 0 Å². The number of nitrogens with zero attached hydrogens (tertiary/aromatic N) is 2. The lowest BCUT2D eigenvalue weighted by Crippen LogP contribution is -2.41. The number of nitrogens with two attached hydrogens (primary N) is 3. The lowest BCUT2D eigenvalue weighted by Gasteiger charge is -2.22. The molecule has 0 saturated heterocycles. The highest BCUT2D eigenvalue weighted by Crippen LogP contribution is 2.16. The highest BCUT2D eigenvalue weighted by atomic mass is 32.2. The summed E-state index contributed by atoms with van der Waals surface area (Å²) >= 11 is 0. The average molecular weight is 536 g/mol. The lowest BCUT2D eigenvalue weighted by atomic mass is 10.1. The molecule has 198 valence electrons. The number of alkyl halides is 3. The molecule has 1 aromatic carbocycles. The topological polar surface area (TPSA) is 222 Å². The molecule has 8 N–H and O–H groups in total. The molecule has 36 heavy (non-hydrogen) atoms. The Labute approximate surface area is 202 Å². The molecule has 2 unspecified atom stereocenters. The van der Waals surface area contributed by atoms with Gasteiger partial charge in [0.05, 0.1) is 5.75 Å². The molecule has 17 heteroatoms. The van der Waals surface area contributed by atoms with Gasteiger partial charge in [-0.05, 0) is 29.8 Å². The Hall–Kier alpha value is -4.28. The number of guanidine groups is 1. The Bertz CT molecular complexity index is 1250. The van der Waals surface area contributed by atoms with Crippen molar-refractivity contribution in [3.8, 4) is 0 Å². The van der Waals surface area contributed by atoms with Gasteiger partial charge in [0.15, 0.2) is 12.1 Å². The van der Waals surface area contributed by atoms with Crippen LogP contribution in [0.2, 0.25) is 0 Å². The van der Waals surface area contributed by atoms with Gasteiger partial charge in [0, 0.05) is 6.20 Å². The van der Waals surface area contributed by atoms with Crippen LogP contribution in [0.1, 0.15) is 18.5 Å². The number of rotatable bonds is 9. The molecule has 0 aliphatic rings. The third-order valence-corrected chi connectivity index (χ3v) is 5.29. The Morgan fingerprint density at radius 2 is 1.69 bits per heavy atom. The number of carboxylic acid groups (broad SMARTS) is 1. The van der Waals surface area contributed by atoms with Crippen LogP contribution in [0, 0.1) is 0 Å². The maximum Gasteiger partial charge on any atom is 0.490 e. The predicted octanol–water partition coefficient (Wildman–Crippen LogP) is 0.0434. The van der Waals surface area contributed by atoms with Gasteiger partial charge in [-0.3, -0.25) is 18.9 Å². The smallest absolute Gasteiger partial charge is 0.475 e. The molecule has 1 aromatic heterocycles. The van der Waals surface area contributed by atoms with Crippen molar-refractivity contribution in [1.29, 1.82) is 0 Å². The Morgan fingerprint density at radius 3 is 2.17 bits per heavy atom. The number of aromatic nitrogens is 1. The van der Waals surface area contributed by atoms with E-state index in [9.17, 15) is 31.2 Å². The summed E-state index contributed by atoms with van der Waals surface area (Å²) in [6.45, 7) is 1.43. The van der Waals surface area contributed by atoms with E-state index in [1.807, 2.05) is 0 Å². The SMILES string of the molecule is CC(ON=C(N)N)C(C(N)=O)n1cccc(NS(=O)(=O)Cc2ccccc2)c1=O.O=C(O)C(F)(F)F. The lowest BCUT2D eigenvalue weighted by molar-refractivity contribution is -0.192. The van der Waals surface area contributed by atoms with Crippen molar-refractivity contribution in [3.63, 3.8) is 0 Å². The van der Waals surface area contributed by atoms with Gasteiger partial charge >= 0.3 is 12.1 Å². The van der Waals surface area contributed by atoms with Gasteiger partial charge in [-0.25, -0.2) is 13.2 Å². The van der Waals surface area contributed by atoms with Crippen LogP contribution in [0.15, 0.2) is 58.6 Å². The zero-order valence-corrected chi connectivity index (χ0v) is 19.4. The summed E-state index contributed by atoms with van der Waals surface area (Å²) < 4.78 is 59.8. The molecule has 0 saturated carbocycles. The summed E-state index contributed by atoms with van der Waals surface area (Å²) in [5.74, 6) is -4.36. The van der Waals surface area contributed by atoms with Crippen molar-refractivity contribution in [2.75, 3.05) is 4.72 Å². The Kier molecular flexibility index (Phi) is 10.3. The molecule has 13 nitrogen and oxygen atoms in total. The van der Waals surface area contributed by atoms with E-state index < -0.39 is 45.8 Å². The molecule has 2 atom stereocenters. The largest absolute Gasteiger partial charge is 0.490 e. The number of sulfonamides is 1. The predicted molar refractivity (Wildman–Crippen MR) is 122 cm³/mol. The molecule has 0 aliphatic heterocycles. The van der Waals surface area contributed by atoms with Gasteiger partial charge in [-0.15, -0.1) is 0 Å². The van der Waals surface area contributed by atoms with Crippen molar-refractivity contribution in [3.05, 3.63) is 64.6 Å². The first kappa shape index (κ1) is 29.8. The molecule has 0 aliphatic carbocycles. The fraction of sp³-hybridized carbons (Fsp3) is 0.263. The minimum absolute atomic E-state index is 0.247. The standard InChI is InChI=1S/C17H22N6O5S.C2HF3O2/c1-11(28-21-17(19)20)14(15(18)24)23-9-5-8-13(16(23)25)22-29(26,27)10-12-6-3-2-4-7-12;3-2(4,5)1(6)7/h2-9,11,14,22H,10H2,1H3,(H2,18,24)(H4,19,20,21);(H,6,7). The van der Waals surface area contributed by atoms with Crippen molar-refractivity contribution in [2.24, 2.45) is 22.4 Å². The molecule has 0 spiro atoms. The number of halogens is 3. The minimum atomic E-state index is -5.08. The maximum absolute atomic E-state index is 12.8. The van der Waals surface area contributed by atoms with Crippen LogP contribution < -0.4 is 27.5 Å². The van der Waals surface area contributed by atoms with Crippen molar-refractivity contribution in [2.45, 2.75) is 31.0 Å². The van der Waals surface area contributed by atoms with Gasteiger partial charge in [0.1, 0.15) is 5.69 Å². The normalized spacial score (nSPS) is 12.8. The molecule has 0 fully saturated rings. The first-order valence-electron chi connectivity index (χ1n) is 9.65.